The smallest absolute Gasteiger partial charge is 0.234 e. The summed E-state index contributed by atoms with van der Waals surface area (Å²) in [5, 5.41) is 8.69. The van der Waals surface area contributed by atoms with Gasteiger partial charge in [-0.25, -0.2) is 0 Å². The SMILES string of the molecule is CCN(CC(=O)NC(C)c1cccs1)CC1CCCCN1. The molecule has 1 amide bonds. The van der Waals surface area contributed by atoms with E-state index < -0.39 is 0 Å². The predicted octanol–water partition coefficient (Wildman–Crippen LogP) is 2.39. The van der Waals surface area contributed by atoms with Crippen LogP contribution in [0.5, 0.6) is 0 Å². The summed E-state index contributed by atoms with van der Waals surface area (Å²) >= 11 is 1.69. The lowest BCUT2D eigenvalue weighted by molar-refractivity contribution is -0.122. The molecule has 2 unspecified atom stereocenters. The Morgan fingerprint density at radius 1 is 1.57 bits per heavy atom. The number of nitrogens with one attached hydrogen (secondary N) is 2. The van der Waals surface area contributed by atoms with Crippen LogP contribution in [0.3, 0.4) is 0 Å². The number of carbonyl (C=O) groups excluding carboxylic acids is 1. The highest BCUT2D eigenvalue weighted by molar-refractivity contribution is 7.10. The van der Waals surface area contributed by atoms with E-state index in [1.165, 1.54) is 24.1 Å². The molecule has 0 bridgehead atoms. The maximum Gasteiger partial charge on any atom is 0.234 e. The van der Waals surface area contributed by atoms with E-state index in [4.69, 9.17) is 0 Å². The maximum atomic E-state index is 12.2. The van der Waals surface area contributed by atoms with Crippen molar-refractivity contribution in [3.63, 3.8) is 0 Å². The molecule has 1 fully saturated rings. The third kappa shape index (κ3) is 5.41. The molecule has 5 heteroatoms. The number of nitrogens with zero attached hydrogens (tertiary/aromatic N) is 1. The van der Waals surface area contributed by atoms with Crippen LogP contribution >= 0.6 is 11.3 Å². The molecule has 4 nitrogen and oxygen atoms in total. The predicted molar refractivity (Wildman–Crippen MR) is 88.6 cm³/mol. The quantitative estimate of drug-likeness (QED) is 0.813. The van der Waals surface area contributed by atoms with Gasteiger partial charge >= 0.3 is 0 Å². The Morgan fingerprint density at radius 3 is 3.05 bits per heavy atom. The summed E-state index contributed by atoms with van der Waals surface area (Å²) in [7, 11) is 0. The molecule has 0 radical (unpaired) electrons. The van der Waals surface area contributed by atoms with Crippen LogP contribution < -0.4 is 10.6 Å². The van der Waals surface area contributed by atoms with Gasteiger partial charge in [-0.2, -0.15) is 0 Å². The van der Waals surface area contributed by atoms with E-state index in [0.29, 0.717) is 12.6 Å². The highest BCUT2D eigenvalue weighted by Crippen LogP contribution is 2.17. The Hall–Kier alpha value is -0.910. The summed E-state index contributed by atoms with van der Waals surface area (Å²) in [6.45, 7) is 7.66. The van der Waals surface area contributed by atoms with E-state index >= 15 is 0 Å². The van der Waals surface area contributed by atoms with Crippen LogP contribution in [-0.2, 0) is 4.79 Å². The highest BCUT2D eigenvalue weighted by atomic mass is 32.1. The minimum absolute atomic E-state index is 0.101. The summed E-state index contributed by atoms with van der Waals surface area (Å²) in [5.74, 6) is 0.119. The molecule has 0 saturated carbocycles. The Labute approximate surface area is 131 Å². The maximum absolute atomic E-state index is 12.2. The van der Waals surface area contributed by atoms with E-state index in [1.807, 2.05) is 18.4 Å². The molecule has 2 atom stereocenters. The summed E-state index contributed by atoms with van der Waals surface area (Å²) in [6.07, 6.45) is 3.81. The average Bonchev–Trinajstić information content (AvgIpc) is 3.02. The van der Waals surface area contributed by atoms with E-state index in [1.54, 1.807) is 11.3 Å². The second-order valence-corrected chi connectivity index (χ2v) is 6.76. The molecule has 0 aromatic carbocycles. The number of hydrogen-bond acceptors (Lipinski definition) is 4. The summed E-state index contributed by atoms with van der Waals surface area (Å²) in [6, 6.07) is 4.74. The van der Waals surface area contributed by atoms with Crippen molar-refractivity contribution in [2.45, 2.75) is 45.2 Å². The Bertz CT molecular complexity index is 415. The zero-order valence-electron chi connectivity index (χ0n) is 13.1. The van der Waals surface area contributed by atoms with E-state index in [9.17, 15) is 4.79 Å². The van der Waals surface area contributed by atoms with Gasteiger partial charge in [-0.3, -0.25) is 9.69 Å². The van der Waals surface area contributed by atoms with Crippen molar-refractivity contribution in [2.24, 2.45) is 0 Å². The molecule has 1 aromatic heterocycles. The van der Waals surface area contributed by atoms with Crippen molar-refractivity contribution in [3.8, 4) is 0 Å². The Kier molecular flexibility index (Phi) is 6.67. The molecule has 118 valence electrons. The van der Waals surface area contributed by atoms with Gasteiger partial charge in [0.2, 0.25) is 5.91 Å². The lowest BCUT2D eigenvalue weighted by Crippen LogP contribution is -2.46. The number of likely N-dealkylation sites (N-methyl/N-ethyl adjacent to an activating group) is 1. The van der Waals surface area contributed by atoms with Crippen molar-refractivity contribution in [1.82, 2.24) is 15.5 Å². The summed E-state index contributed by atoms with van der Waals surface area (Å²) in [4.78, 5) is 15.6. The van der Waals surface area contributed by atoms with Gasteiger partial charge in [0, 0.05) is 17.5 Å². The third-order valence-electron chi connectivity index (χ3n) is 4.05. The van der Waals surface area contributed by atoms with Crippen LogP contribution in [-0.4, -0.2) is 43.0 Å². The van der Waals surface area contributed by atoms with Gasteiger partial charge in [-0.1, -0.05) is 19.4 Å². The Morgan fingerprint density at radius 2 is 2.43 bits per heavy atom. The van der Waals surface area contributed by atoms with Crippen LogP contribution in [0.4, 0.5) is 0 Å². The lowest BCUT2D eigenvalue weighted by atomic mass is 10.0. The molecule has 21 heavy (non-hydrogen) atoms. The molecular formula is C16H27N3OS. The first-order chi connectivity index (χ1) is 10.2. The fourth-order valence-corrected chi connectivity index (χ4v) is 3.53. The van der Waals surface area contributed by atoms with Crippen LogP contribution in [0.25, 0.3) is 0 Å². The second-order valence-electron chi connectivity index (χ2n) is 5.78. The van der Waals surface area contributed by atoms with Crippen molar-refractivity contribution in [2.75, 3.05) is 26.2 Å². The first-order valence-corrected chi connectivity index (χ1v) is 8.85. The molecule has 0 spiro atoms. The van der Waals surface area contributed by atoms with Gasteiger partial charge in [0.05, 0.1) is 12.6 Å². The largest absolute Gasteiger partial charge is 0.348 e. The lowest BCUT2D eigenvalue weighted by Gasteiger charge is -2.29. The van der Waals surface area contributed by atoms with Crippen LogP contribution in [0, 0.1) is 0 Å². The third-order valence-corrected chi connectivity index (χ3v) is 5.11. The van der Waals surface area contributed by atoms with Crippen LogP contribution in [0.1, 0.15) is 44.0 Å². The molecule has 1 aliphatic rings. The fourth-order valence-electron chi connectivity index (χ4n) is 2.80. The van der Waals surface area contributed by atoms with Gasteiger partial charge < -0.3 is 10.6 Å². The van der Waals surface area contributed by atoms with Crippen LogP contribution in [0.2, 0.25) is 0 Å². The zero-order valence-corrected chi connectivity index (χ0v) is 13.9. The topological polar surface area (TPSA) is 44.4 Å². The van der Waals surface area contributed by atoms with Gasteiger partial charge in [0.1, 0.15) is 0 Å². The number of amides is 1. The molecule has 2 heterocycles. The summed E-state index contributed by atoms with van der Waals surface area (Å²) in [5.41, 5.74) is 0. The molecule has 1 aromatic rings. The first kappa shape index (κ1) is 16.5. The summed E-state index contributed by atoms with van der Waals surface area (Å²) < 4.78 is 0. The normalized spacial score (nSPS) is 20.4. The van der Waals surface area contributed by atoms with E-state index in [-0.39, 0.29) is 11.9 Å². The first-order valence-electron chi connectivity index (χ1n) is 7.97. The van der Waals surface area contributed by atoms with Gasteiger partial charge in [-0.05, 0) is 44.3 Å². The number of piperidine rings is 1. The standard InChI is InChI=1S/C16H27N3OS/c1-3-19(11-14-7-4-5-9-17-14)12-16(20)18-13(2)15-8-6-10-21-15/h6,8,10,13-14,17H,3-5,7,9,11-12H2,1-2H3,(H,18,20). The van der Waals surface area contributed by atoms with Crippen molar-refractivity contribution in [1.29, 1.82) is 0 Å². The van der Waals surface area contributed by atoms with Crippen molar-refractivity contribution >= 4 is 17.2 Å². The minimum Gasteiger partial charge on any atom is -0.348 e. The van der Waals surface area contributed by atoms with E-state index in [2.05, 4.69) is 28.5 Å². The van der Waals surface area contributed by atoms with Crippen molar-refractivity contribution < 1.29 is 4.79 Å². The van der Waals surface area contributed by atoms with Crippen molar-refractivity contribution in [3.05, 3.63) is 22.4 Å². The molecule has 2 N–H and O–H groups in total. The van der Waals surface area contributed by atoms with Gasteiger partial charge in [-0.15, -0.1) is 11.3 Å². The fraction of sp³-hybridized carbons (Fsp3) is 0.688. The molecule has 0 aliphatic carbocycles. The number of thiophene rings is 1. The number of rotatable bonds is 7. The number of carbonyl (C=O) groups is 1. The van der Waals surface area contributed by atoms with E-state index in [0.717, 1.165) is 19.6 Å². The monoisotopic (exact) mass is 309 g/mol. The van der Waals surface area contributed by atoms with Gasteiger partial charge in [0.25, 0.3) is 0 Å². The molecule has 2 rings (SSSR count). The van der Waals surface area contributed by atoms with Gasteiger partial charge in [0.15, 0.2) is 0 Å². The molecule has 1 aliphatic heterocycles. The highest BCUT2D eigenvalue weighted by Gasteiger charge is 2.18. The molecular weight excluding hydrogens is 282 g/mol. The van der Waals surface area contributed by atoms with Crippen LogP contribution in [0.15, 0.2) is 17.5 Å². The minimum atomic E-state index is 0.101. The Balaban J connectivity index is 1.76. The average molecular weight is 309 g/mol. The zero-order chi connectivity index (χ0) is 15.1. The number of hydrogen-bond donors (Lipinski definition) is 2. The second kappa shape index (κ2) is 8.51. The molecule has 1 saturated heterocycles.